The van der Waals surface area contributed by atoms with Crippen molar-refractivity contribution in [3.8, 4) is 0 Å². The van der Waals surface area contributed by atoms with E-state index >= 15 is 0 Å². The lowest BCUT2D eigenvalue weighted by molar-refractivity contribution is -0.136. The monoisotopic (exact) mass is 282 g/mol. The molecule has 0 aromatic rings. The van der Waals surface area contributed by atoms with Gasteiger partial charge in [-0.25, -0.2) is 0 Å². The highest BCUT2D eigenvalue weighted by molar-refractivity contribution is 5.83. The van der Waals surface area contributed by atoms with Crippen molar-refractivity contribution in [2.24, 2.45) is 11.3 Å². The molecule has 0 unspecified atom stereocenters. The van der Waals surface area contributed by atoms with E-state index in [1.807, 2.05) is 0 Å². The zero-order valence-electron chi connectivity index (χ0n) is 13.0. The molecule has 1 aliphatic heterocycles. The summed E-state index contributed by atoms with van der Waals surface area (Å²) in [6.45, 7) is 6.28. The zero-order valence-corrected chi connectivity index (χ0v) is 13.0. The van der Waals surface area contributed by atoms with Crippen molar-refractivity contribution < 1.29 is 9.90 Å². The van der Waals surface area contributed by atoms with E-state index in [9.17, 15) is 9.90 Å². The summed E-state index contributed by atoms with van der Waals surface area (Å²) in [6.07, 6.45) is 6.73. The van der Waals surface area contributed by atoms with E-state index in [0.29, 0.717) is 5.92 Å². The second kappa shape index (κ2) is 6.44. The highest BCUT2D eigenvalue weighted by atomic mass is 16.3. The van der Waals surface area contributed by atoms with Crippen LogP contribution in [0.3, 0.4) is 0 Å². The average molecular weight is 282 g/mol. The number of carbonyl (C=O) groups excluding carboxylic acids is 1. The van der Waals surface area contributed by atoms with Gasteiger partial charge in [-0.05, 0) is 64.0 Å². The van der Waals surface area contributed by atoms with Gasteiger partial charge in [0.05, 0.1) is 17.6 Å². The van der Waals surface area contributed by atoms with Gasteiger partial charge in [0, 0.05) is 0 Å². The van der Waals surface area contributed by atoms with E-state index < -0.39 is 0 Å². The van der Waals surface area contributed by atoms with Crippen molar-refractivity contribution >= 4 is 5.91 Å². The molecule has 2 aliphatic rings. The van der Waals surface area contributed by atoms with Crippen LogP contribution in [0.4, 0.5) is 0 Å². The quantitative estimate of drug-likeness (QED) is 0.737. The Kier molecular flexibility index (Phi) is 5.08. The maximum atomic E-state index is 12.8. The Labute approximate surface area is 122 Å². The molecule has 4 heteroatoms. The second-order valence-corrected chi connectivity index (χ2v) is 6.96. The van der Waals surface area contributed by atoms with Gasteiger partial charge >= 0.3 is 0 Å². The predicted molar refractivity (Wildman–Crippen MR) is 80.4 cm³/mol. The number of aliphatic hydroxyl groups excluding tert-OH is 1. The largest absolute Gasteiger partial charge is 0.394 e. The van der Waals surface area contributed by atoms with Crippen LogP contribution >= 0.6 is 0 Å². The molecule has 0 spiro atoms. The molecule has 2 fully saturated rings. The molecule has 0 aromatic heterocycles. The number of hydrogen-bond donors (Lipinski definition) is 3. The number of rotatable bonds is 4. The first-order valence-corrected chi connectivity index (χ1v) is 8.20. The fourth-order valence-electron chi connectivity index (χ4n) is 3.66. The molecule has 1 aliphatic carbocycles. The molecule has 1 saturated carbocycles. The molecule has 1 heterocycles. The van der Waals surface area contributed by atoms with E-state index in [-0.39, 0.29) is 23.5 Å². The molecule has 1 amide bonds. The van der Waals surface area contributed by atoms with E-state index in [2.05, 4.69) is 24.5 Å². The third-order valence-electron chi connectivity index (χ3n) is 5.63. The summed E-state index contributed by atoms with van der Waals surface area (Å²) in [6, 6.07) is 0. The maximum absolute atomic E-state index is 12.8. The third kappa shape index (κ3) is 3.17. The van der Waals surface area contributed by atoms with E-state index in [1.165, 1.54) is 0 Å². The molecule has 20 heavy (non-hydrogen) atoms. The molecule has 116 valence electrons. The topological polar surface area (TPSA) is 61.4 Å². The summed E-state index contributed by atoms with van der Waals surface area (Å²) in [5.74, 6) is 0.885. The van der Waals surface area contributed by atoms with Crippen molar-refractivity contribution in [2.45, 2.75) is 64.3 Å². The summed E-state index contributed by atoms with van der Waals surface area (Å²) in [5.41, 5.74) is -0.590. The van der Waals surface area contributed by atoms with Gasteiger partial charge in [0.25, 0.3) is 0 Å². The van der Waals surface area contributed by atoms with Crippen LogP contribution in [0.25, 0.3) is 0 Å². The van der Waals surface area contributed by atoms with E-state index in [1.54, 1.807) is 0 Å². The normalized spacial score (nSPS) is 33.6. The summed E-state index contributed by atoms with van der Waals surface area (Å²) in [7, 11) is 0. The molecule has 1 saturated heterocycles. The number of aliphatic hydroxyl groups is 1. The molecule has 0 bridgehead atoms. The number of hydrogen-bond acceptors (Lipinski definition) is 3. The number of nitrogens with one attached hydrogen (secondary N) is 2. The zero-order chi connectivity index (χ0) is 14.6. The highest BCUT2D eigenvalue weighted by Crippen LogP contribution is 2.36. The minimum Gasteiger partial charge on any atom is -0.394 e. The van der Waals surface area contributed by atoms with Gasteiger partial charge < -0.3 is 15.7 Å². The van der Waals surface area contributed by atoms with Gasteiger partial charge in [-0.1, -0.05) is 13.8 Å². The van der Waals surface area contributed by atoms with Gasteiger partial charge in [-0.15, -0.1) is 0 Å². The Hall–Kier alpha value is -0.610. The average Bonchev–Trinajstić information content (AvgIpc) is 2.50. The standard InChI is InChI=1S/C16H30N2O2/c1-3-15(8-10-17-11-9-15)14(20)18-16(12-19)6-4-13(2)5-7-16/h13,17,19H,3-12H2,1-2H3,(H,18,20). The molecule has 3 N–H and O–H groups in total. The van der Waals surface area contributed by atoms with Crippen molar-refractivity contribution in [3.05, 3.63) is 0 Å². The first-order chi connectivity index (χ1) is 9.56. The second-order valence-electron chi connectivity index (χ2n) is 6.96. The number of piperidine rings is 1. The first-order valence-electron chi connectivity index (χ1n) is 8.20. The van der Waals surface area contributed by atoms with Gasteiger partial charge in [-0.3, -0.25) is 4.79 Å². The minimum absolute atomic E-state index is 0.0729. The highest BCUT2D eigenvalue weighted by Gasteiger charge is 2.42. The fourth-order valence-corrected chi connectivity index (χ4v) is 3.66. The predicted octanol–water partition coefficient (Wildman–Crippen LogP) is 1.82. The lowest BCUT2D eigenvalue weighted by atomic mass is 9.73. The summed E-state index contributed by atoms with van der Waals surface area (Å²) < 4.78 is 0. The maximum Gasteiger partial charge on any atom is 0.226 e. The van der Waals surface area contributed by atoms with Crippen LogP contribution in [0.5, 0.6) is 0 Å². The fraction of sp³-hybridized carbons (Fsp3) is 0.938. The van der Waals surface area contributed by atoms with Crippen LogP contribution in [-0.2, 0) is 4.79 Å². The van der Waals surface area contributed by atoms with Crippen LogP contribution in [-0.4, -0.2) is 36.2 Å². The molecule has 0 aromatic carbocycles. The molecular weight excluding hydrogens is 252 g/mol. The molecule has 0 atom stereocenters. The Bertz CT molecular complexity index is 329. The van der Waals surface area contributed by atoms with E-state index in [0.717, 1.165) is 58.0 Å². The Balaban J connectivity index is 2.04. The van der Waals surface area contributed by atoms with Crippen LogP contribution in [0, 0.1) is 11.3 Å². The van der Waals surface area contributed by atoms with Crippen molar-refractivity contribution in [2.75, 3.05) is 19.7 Å². The third-order valence-corrected chi connectivity index (χ3v) is 5.63. The Morgan fingerprint density at radius 1 is 1.25 bits per heavy atom. The van der Waals surface area contributed by atoms with Gasteiger partial charge in [0.2, 0.25) is 5.91 Å². The van der Waals surface area contributed by atoms with Crippen LogP contribution in [0.1, 0.15) is 58.8 Å². The smallest absolute Gasteiger partial charge is 0.226 e. The van der Waals surface area contributed by atoms with Crippen LogP contribution in [0.2, 0.25) is 0 Å². The van der Waals surface area contributed by atoms with E-state index in [4.69, 9.17) is 0 Å². The SMILES string of the molecule is CCC1(C(=O)NC2(CO)CCC(C)CC2)CCNCC1. The summed E-state index contributed by atoms with van der Waals surface area (Å²) in [4.78, 5) is 12.8. The molecule has 0 radical (unpaired) electrons. The van der Waals surface area contributed by atoms with Crippen molar-refractivity contribution in [1.29, 1.82) is 0 Å². The van der Waals surface area contributed by atoms with Gasteiger partial charge in [0.15, 0.2) is 0 Å². The summed E-state index contributed by atoms with van der Waals surface area (Å²) in [5, 5.41) is 16.4. The lowest BCUT2D eigenvalue weighted by Gasteiger charge is -2.43. The summed E-state index contributed by atoms with van der Waals surface area (Å²) >= 11 is 0. The molecule has 2 rings (SSSR count). The van der Waals surface area contributed by atoms with Crippen molar-refractivity contribution in [1.82, 2.24) is 10.6 Å². The number of amides is 1. The van der Waals surface area contributed by atoms with Gasteiger partial charge in [0.1, 0.15) is 0 Å². The van der Waals surface area contributed by atoms with Gasteiger partial charge in [-0.2, -0.15) is 0 Å². The van der Waals surface area contributed by atoms with Crippen LogP contribution in [0.15, 0.2) is 0 Å². The van der Waals surface area contributed by atoms with Crippen molar-refractivity contribution in [3.63, 3.8) is 0 Å². The Morgan fingerprint density at radius 3 is 2.35 bits per heavy atom. The first kappa shape index (κ1) is 15.8. The molecule has 4 nitrogen and oxygen atoms in total. The molecular formula is C16H30N2O2. The lowest BCUT2D eigenvalue weighted by Crippen LogP contribution is -2.58. The Morgan fingerprint density at radius 2 is 1.85 bits per heavy atom. The minimum atomic E-state index is -0.364. The number of carbonyl (C=O) groups is 1. The van der Waals surface area contributed by atoms with Crippen LogP contribution < -0.4 is 10.6 Å².